The largest absolute Gasteiger partial charge is 0.492 e. The number of halogens is 1. The third kappa shape index (κ3) is 4.68. The van der Waals surface area contributed by atoms with Crippen molar-refractivity contribution in [2.24, 2.45) is 0 Å². The molecule has 0 aliphatic rings. The zero-order valence-corrected chi connectivity index (χ0v) is 14.5. The van der Waals surface area contributed by atoms with Gasteiger partial charge in [-0.2, -0.15) is 0 Å². The predicted molar refractivity (Wildman–Crippen MR) is 91.7 cm³/mol. The molecule has 2 aromatic carbocycles. The first-order chi connectivity index (χ1) is 11.7. The number of nitro benzene ring substituents is 1. The van der Waals surface area contributed by atoms with E-state index in [1.807, 2.05) is 0 Å². The number of rotatable bonds is 6. The molecule has 10 heteroatoms. The molecule has 2 rings (SSSR count). The monoisotopic (exact) mass is 384 g/mol. The summed E-state index contributed by atoms with van der Waals surface area (Å²) in [5.74, 6) is -0.484. The van der Waals surface area contributed by atoms with Crippen LogP contribution in [0.4, 0.5) is 11.4 Å². The lowest BCUT2D eigenvalue weighted by Crippen LogP contribution is -2.12. The molecule has 0 heterocycles. The molecule has 0 aliphatic carbocycles. The van der Waals surface area contributed by atoms with E-state index in [9.17, 15) is 23.3 Å². The van der Waals surface area contributed by atoms with Crippen molar-refractivity contribution < 1.29 is 22.9 Å². The van der Waals surface area contributed by atoms with E-state index in [1.165, 1.54) is 42.5 Å². The van der Waals surface area contributed by atoms with Gasteiger partial charge in [0.05, 0.1) is 11.5 Å². The van der Waals surface area contributed by atoms with Gasteiger partial charge in [0, 0.05) is 34.1 Å². The van der Waals surface area contributed by atoms with Gasteiger partial charge in [-0.3, -0.25) is 14.9 Å². The van der Waals surface area contributed by atoms with E-state index in [0.717, 1.165) is 0 Å². The third-order valence-electron chi connectivity index (χ3n) is 3.10. The van der Waals surface area contributed by atoms with Gasteiger partial charge in [0.15, 0.2) is 0 Å². The topological polar surface area (TPSA) is 116 Å². The van der Waals surface area contributed by atoms with Crippen molar-refractivity contribution in [1.82, 2.24) is 0 Å². The zero-order valence-electron chi connectivity index (χ0n) is 12.9. The van der Waals surface area contributed by atoms with Crippen LogP contribution in [-0.2, 0) is 9.05 Å². The number of ether oxygens (including phenoxy) is 1. The summed E-state index contributed by atoms with van der Waals surface area (Å²) in [6.07, 6.45) is 0. The Morgan fingerprint density at radius 2 is 1.88 bits per heavy atom. The minimum Gasteiger partial charge on any atom is -0.492 e. The Kier molecular flexibility index (Phi) is 5.60. The Hall–Kier alpha value is -2.65. The first-order valence-electron chi connectivity index (χ1n) is 6.99. The molecule has 0 fully saturated rings. The molecule has 0 saturated heterocycles. The van der Waals surface area contributed by atoms with Gasteiger partial charge < -0.3 is 10.1 Å². The molecule has 0 bridgehead atoms. The second-order valence-corrected chi connectivity index (χ2v) is 7.32. The molecule has 0 unspecified atom stereocenters. The van der Waals surface area contributed by atoms with Gasteiger partial charge in [0.1, 0.15) is 10.6 Å². The Balaban J connectivity index is 2.27. The van der Waals surface area contributed by atoms with Crippen molar-refractivity contribution in [3.05, 3.63) is 58.1 Å². The maximum atomic E-state index is 12.2. The number of hydrogen-bond donors (Lipinski definition) is 1. The number of hydrogen-bond acceptors (Lipinski definition) is 6. The van der Waals surface area contributed by atoms with E-state index in [1.54, 1.807) is 6.92 Å². The quantitative estimate of drug-likeness (QED) is 0.464. The molecule has 0 saturated carbocycles. The highest BCUT2D eigenvalue weighted by Gasteiger charge is 2.19. The van der Waals surface area contributed by atoms with E-state index in [2.05, 4.69) is 5.32 Å². The summed E-state index contributed by atoms with van der Waals surface area (Å²) < 4.78 is 28.5. The van der Waals surface area contributed by atoms with Crippen LogP contribution in [0.1, 0.15) is 17.3 Å². The molecule has 0 atom stereocenters. The first-order valence-corrected chi connectivity index (χ1v) is 9.30. The molecule has 25 heavy (non-hydrogen) atoms. The maximum absolute atomic E-state index is 12.2. The predicted octanol–water partition coefficient (Wildman–Crippen LogP) is 3.17. The van der Waals surface area contributed by atoms with Crippen LogP contribution in [0.25, 0.3) is 0 Å². The SMILES string of the molecule is CCOc1ccc(NC(=O)c2ccc([N+](=O)[O-])cc2)cc1S(=O)(=O)Cl. The Labute approximate surface area is 147 Å². The second kappa shape index (κ2) is 7.49. The lowest BCUT2D eigenvalue weighted by molar-refractivity contribution is -0.384. The molecule has 0 spiro atoms. The van der Waals surface area contributed by atoms with Crippen LogP contribution in [-0.4, -0.2) is 25.9 Å². The Morgan fingerprint density at radius 1 is 1.24 bits per heavy atom. The molecule has 2 aromatic rings. The van der Waals surface area contributed by atoms with E-state index in [4.69, 9.17) is 15.4 Å². The van der Waals surface area contributed by atoms with Crippen molar-refractivity contribution in [3.8, 4) is 5.75 Å². The minimum atomic E-state index is -4.07. The first kappa shape index (κ1) is 18.7. The number of anilines is 1. The second-order valence-electron chi connectivity index (χ2n) is 4.79. The molecule has 1 N–H and O–H groups in total. The Morgan fingerprint density at radius 3 is 2.40 bits per heavy atom. The van der Waals surface area contributed by atoms with Gasteiger partial charge in [-0.1, -0.05) is 0 Å². The van der Waals surface area contributed by atoms with Crippen LogP contribution in [0.2, 0.25) is 0 Å². The number of non-ortho nitro benzene ring substituents is 1. The Bertz CT molecular complexity index is 912. The fourth-order valence-corrected chi connectivity index (χ4v) is 2.99. The molecule has 0 aromatic heterocycles. The normalized spacial score (nSPS) is 11.0. The highest BCUT2D eigenvalue weighted by molar-refractivity contribution is 8.13. The summed E-state index contributed by atoms with van der Waals surface area (Å²) in [5.41, 5.74) is 0.217. The molecule has 1 amide bonds. The maximum Gasteiger partial charge on any atom is 0.269 e. The van der Waals surface area contributed by atoms with E-state index in [-0.39, 0.29) is 34.2 Å². The van der Waals surface area contributed by atoms with Crippen molar-refractivity contribution in [3.63, 3.8) is 0 Å². The summed E-state index contributed by atoms with van der Waals surface area (Å²) in [5, 5.41) is 13.1. The molecular weight excluding hydrogens is 372 g/mol. The summed E-state index contributed by atoms with van der Waals surface area (Å²) in [6.45, 7) is 1.93. The molecule has 132 valence electrons. The molecular formula is C15H13ClN2O6S. The van der Waals surface area contributed by atoms with Crippen LogP contribution >= 0.6 is 10.7 Å². The highest BCUT2D eigenvalue weighted by Crippen LogP contribution is 2.30. The van der Waals surface area contributed by atoms with E-state index < -0.39 is 19.9 Å². The van der Waals surface area contributed by atoms with Gasteiger partial charge in [-0.15, -0.1) is 0 Å². The molecule has 8 nitrogen and oxygen atoms in total. The number of nitrogens with zero attached hydrogens (tertiary/aromatic N) is 1. The summed E-state index contributed by atoms with van der Waals surface area (Å²) in [7, 11) is 1.31. The van der Waals surface area contributed by atoms with Crippen LogP contribution in [0, 0.1) is 10.1 Å². The number of carbonyl (C=O) groups excluding carboxylic acids is 1. The lowest BCUT2D eigenvalue weighted by Gasteiger charge is -2.11. The number of amides is 1. The van der Waals surface area contributed by atoms with Gasteiger partial charge >= 0.3 is 0 Å². The van der Waals surface area contributed by atoms with Crippen LogP contribution in [0.3, 0.4) is 0 Å². The molecule has 0 radical (unpaired) electrons. The van der Waals surface area contributed by atoms with Gasteiger partial charge in [0.25, 0.3) is 20.6 Å². The van der Waals surface area contributed by atoms with Crippen molar-refractivity contribution in [1.29, 1.82) is 0 Å². The number of carbonyl (C=O) groups is 1. The lowest BCUT2D eigenvalue weighted by atomic mass is 10.2. The summed E-state index contributed by atoms with van der Waals surface area (Å²) in [6, 6.07) is 8.99. The zero-order chi connectivity index (χ0) is 18.6. The summed E-state index contributed by atoms with van der Waals surface area (Å²) >= 11 is 0. The fourth-order valence-electron chi connectivity index (χ4n) is 1.99. The number of nitro groups is 1. The van der Waals surface area contributed by atoms with Gasteiger partial charge in [0.2, 0.25) is 0 Å². The van der Waals surface area contributed by atoms with Crippen molar-refractivity contribution in [2.75, 3.05) is 11.9 Å². The minimum absolute atomic E-state index is 0.0748. The molecule has 0 aliphatic heterocycles. The van der Waals surface area contributed by atoms with Crippen LogP contribution < -0.4 is 10.1 Å². The number of benzene rings is 2. The van der Waals surface area contributed by atoms with Crippen LogP contribution in [0.5, 0.6) is 5.75 Å². The standard InChI is InChI=1S/C15H13ClN2O6S/c1-2-24-13-8-5-11(9-14(13)25(16,22)23)17-15(19)10-3-6-12(7-4-10)18(20)21/h3-9H,2H2,1H3,(H,17,19). The highest BCUT2D eigenvalue weighted by atomic mass is 35.7. The van der Waals surface area contributed by atoms with Crippen molar-refractivity contribution in [2.45, 2.75) is 11.8 Å². The fraction of sp³-hybridized carbons (Fsp3) is 0.133. The third-order valence-corrected chi connectivity index (χ3v) is 4.45. The number of nitrogens with one attached hydrogen (secondary N) is 1. The average Bonchev–Trinajstić information content (AvgIpc) is 2.55. The smallest absolute Gasteiger partial charge is 0.269 e. The van der Waals surface area contributed by atoms with Gasteiger partial charge in [-0.05, 0) is 37.3 Å². The van der Waals surface area contributed by atoms with Crippen molar-refractivity contribution >= 4 is 37.0 Å². The van der Waals surface area contributed by atoms with E-state index >= 15 is 0 Å². The van der Waals surface area contributed by atoms with Gasteiger partial charge in [-0.25, -0.2) is 8.42 Å². The summed E-state index contributed by atoms with van der Waals surface area (Å²) in [4.78, 5) is 21.9. The van der Waals surface area contributed by atoms with E-state index in [0.29, 0.717) is 0 Å². The van der Waals surface area contributed by atoms with Crippen LogP contribution in [0.15, 0.2) is 47.4 Å². The average molecular weight is 385 g/mol.